The van der Waals surface area contributed by atoms with E-state index in [4.69, 9.17) is 14.2 Å². The molecule has 0 radical (unpaired) electrons. The van der Waals surface area contributed by atoms with E-state index in [9.17, 15) is 9.59 Å². The third-order valence-corrected chi connectivity index (χ3v) is 7.88. The molecule has 0 N–H and O–H groups in total. The van der Waals surface area contributed by atoms with Crippen LogP contribution in [0.1, 0.15) is 47.1 Å². The highest BCUT2D eigenvalue weighted by molar-refractivity contribution is 7.10. The molecule has 1 aliphatic heterocycles. The summed E-state index contributed by atoms with van der Waals surface area (Å²) in [7, 11) is 3.18. The van der Waals surface area contributed by atoms with E-state index in [1.54, 1.807) is 54.7 Å². The number of nitrogens with zero attached hydrogens (tertiary/aromatic N) is 2. The number of ether oxygens (including phenoxy) is 3. The van der Waals surface area contributed by atoms with Crippen LogP contribution in [0.25, 0.3) is 0 Å². The van der Waals surface area contributed by atoms with Crippen LogP contribution in [0, 0.1) is 0 Å². The minimum atomic E-state index is -0.252. The van der Waals surface area contributed by atoms with Crippen LogP contribution in [0.3, 0.4) is 0 Å². The van der Waals surface area contributed by atoms with E-state index >= 15 is 0 Å². The van der Waals surface area contributed by atoms with Crippen molar-refractivity contribution in [2.24, 2.45) is 0 Å². The Morgan fingerprint density at radius 1 is 1.08 bits per heavy atom. The third-order valence-electron chi connectivity index (χ3n) is 6.89. The van der Waals surface area contributed by atoms with Crippen LogP contribution >= 0.6 is 11.3 Å². The summed E-state index contributed by atoms with van der Waals surface area (Å²) in [5.74, 6) is 1.61. The Labute approximate surface area is 222 Å². The molecule has 3 aromatic rings. The third kappa shape index (κ3) is 5.91. The molecule has 2 atom stereocenters. The second-order valence-corrected chi connectivity index (χ2v) is 10.0. The molecule has 4 rings (SSSR count). The van der Waals surface area contributed by atoms with E-state index in [-0.39, 0.29) is 30.4 Å². The molecule has 0 aliphatic carbocycles. The molecule has 0 fully saturated rings. The normalized spacial score (nSPS) is 15.5. The Hall–Kier alpha value is -3.52. The van der Waals surface area contributed by atoms with E-state index in [2.05, 4.69) is 11.4 Å². The van der Waals surface area contributed by atoms with Crippen molar-refractivity contribution in [3.8, 4) is 17.2 Å². The molecule has 196 valence electrons. The largest absolute Gasteiger partial charge is 0.497 e. The average molecular weight is 523 g/mol. The first-order valence-electron chi connectivity index (χ1n) is 12.5. The summed E-state index contributed by atoms with van der Waals surface area (Å²) < 4.78 is 16.9. The van der Waals surface area contributed by atoms with Gasteiger partial charge in [-0.05, 0) is 67.1 Å². The zero-order valence-corrected chi connectivity index (χ0v) is 22.6. The Balaban J connectivity index is 1.56. The summed E-state index contributed by atoms with van der Waals surface area (Å²) in [6.07, 6.45) is 1.52. The highest BCUT2D eigenvalue weighted by Gasteiger charge is 2.34. The number of carbonyl (C=O) groups is 2. The maximum absolute atomic E-state index is 13.8. The molecule has 0 saturated heterocycles. The van der Waals surface area contributed by atoms with Crippen molar-refractivity contribution in [2.75, 3.05) is 33.9 Å². The number of methoxy groups -OCH3 is 2. The number of para-hydroxylation sites is 2. The number of rotatable bonds is 10. The van der Waals surface area contributed by atoms with Gasteiger partial charge in [0.15, 0.2) is 11.5 Å². The second kappa shape index (κ2) is 12.1. The smallest absolute Gasteiger partial charge is 0.254 e. The summed E-state index contributed by atoms with van der Waals surface area (Å²) in [4.78, 5) is 32.1. The van der Waals surface area contributed by atoms with E-state index < -0.39 is 0 Å². The van der Waals surface area contributed by atoms with Gasteiger partial charge in [-0.25, -0.2) is 0 Å². The van der Waals surface area contributed by atoms with Gasteiger partial charge in [0.25, 0.3) is 5.91 Å². The van der Waals surface area contributed by atoms with Gasteiger partial charge in [-0.3, -0.25) is 9.59 Å². The zero-order valence-electron chi connectivity index (χ0n) is 21.8. The zero-order chi connectivity index (χ0) is 26.4. The van der Waals surface area contributed by atoms with Crippen LogP contribution in [-0.4, -0.2) is 61.6 Å². The number of hydrogen-bond donors (Lipinski definition) is 0. The molecule has 2 aromatic carbocycles. The fourth-order valence-corrected chi connectivity index (χ4v) is 5.52. The fourth-order valence-electron chi connectivity index (χ4n) is 4.59. The van der Waals surface area contributed by atoms with Gasteiger partial charge < -0.3 is 24.0 Å². The lowest BCUT2D eigenvalue weighted by Gasteiger charge is -2.38. The quantitative estimate of drug-likeness (QED) is 0.366. The minimum Gasteiger partial charge on any atom is -0.497 e. The van der Waals surface area contributed by atoms with Crippen LogP contribution in [0.15, 0.2) is 60.0 Å². The summed E-state index contributed by atoms with van der Waals surface area (Å²) >= 11 is 1.71. The lowest BCUT2D eigenvalue weighted by atomic mass is 10.00. The van der Waals surface area contributed by atoms with Crippen molar-refractivity contribution in [1.29, 1.82) is 0 Å². The van der Waals surface area contributed by atoms with Crippen LogP contribution in [0.4, 0.5) is 0 Å². The van der Waals surface area contributed by atoms with Crippen LogP contribution in [0.5, 0.6) is 17.2 Å². The number of hydrogen-bond acceptors (Lipinski definition) is 6. The van der Waals surface area contributed by atoms with Crippen LogP contribution in [0.2, 0.25) is 0 Å². The molecule has 0 saturated carbocycles. The molecule has 1 aromatic heterocycles. The molecule has 2 heterocycles. The van der Waals surface area contributed by atoms with Crippen molar-refractivity contribution < 1.29 is 23.8 Å². The predicted molar refractivity (Wildman–Crippen MR) is 145 cm³/mol. The van der Waals surface area contributed by atoms with E-state index in [1.165, 1.54) is 4.88 Å². The number of amides is 2. The molecule has 0 spiro atoms. The number of carbonyl (C=O) groups excluding carboxylic acids is 2. The maximum atomic E-state index is 13.8. The molecule has 0 unspecified atom stereocenters. The lowest BCUT2D eigenvalue weighted by molar-refractivity contribution is -0.136. The fraction of sp³-hybridized carbons (Fsp3) is 0.379. The molecule has 0 bridgehead atoms. The Kier molecular flexibility index (Phi) is 8.71. The number of thiophene rings is 1. The SMILES string of the molecule is CC[C@@H](C)N(CC(=O)N1CCc2sccc2[C@H]1COc1ccccc1OC)C(=O)c1cccc(OC)c1. The summed E-state index contributed by atoms with van der Waals surface area (Å²) in [6.45, 7) is 4.86. The Morgan fingerprint density at radius 3 is 2.59 bits per heavy atom. The molecule has 1 aliphatic rings. The van der Waals surface area contributed by atoms with Gasteiger partial charge >= 0.3 is 0 Å². The van der Waals surface area contributed by atoms with Gasteiger partial charge in [0.2, 0.25) is 5.91 Å². The van der Waals surface area contributed by atoms with Crippen molar-refractivity contribution in [3.05, 3.63) is 76.0 Å². The molecular formula is C29H34N2O5S. The van der Waals surface area contributed by atoms with E-state index in [1.807, 2.05) is 43.0 Å². The van der Waals surface area contributed by atoms with Gasteiger partial charge in [-0.2, -0.15) is 0 Å². The molecular weight excluding hydrogens is 488 g/mol. The van der Waals surface area contributed by atoms with Crippen molar-refractivity contribution >= 4 is 23.2 Å². The van der Waals surface area contributed by atoms with Gasteiger partial charge in [0, 0.05) is 23.0 Å². The summed E-state index contributed by atoms with van der Waals surface area (Å²) in [6, 6.07) is 16.3. The first-order valence-corrected chi connectivity index (χ1v) is 13.4. The van der Waals surface area contributed by atoms with Gasteiger partial charge in [0.05, 0.1) is 20.3 Å². The van der Waals surface area contributed by atoms with E-state index in [0.717, 1.165) is 18.4 Å². The van der Waals surface area contributed by atoms with Crippen LogP contribution < -0.4 is 14.2 Å². The Bertz CT molecular complexity index is 1230. The summed E-state index contributed by atoms with van der Waals surface area (Å²) in [5, 5.41) is 2.06. The number of fused-ring (bicyclic) bond motifs is 1. The highest BCUT2D eigenvalue weighted by Crippen LogP contribution is 2.35. The average Bonchev–Trinajstić information content (AvgIpc) is 3.43. The van der Waals surface area contributed by atoms with Gasteiger partial charge in [-0.15, -0.1) is 11.3 Å². The molecule has 7 nitrogen and oxygen atoms in total. The first-order chi connectivity index (χ1) is 18.0. The maximum Gasteiger partial charge on any atom is 0.254 e. The second-order valence-electron chi connectivity index (χ2n) is 9.04. The van der Waals surface area contributed by atoms with Gasteiger partial charge in [-0.1, -0.05) is 25.1 Å². The molecule has 37 heavy (non-hydrogen) atoms. The van der Waals surface area contributed by atoms with Crippen molar-refractivity contribution in [1.82, 2.24) is 9.80 Å². The summed E-state index contributed by atoms with van der Waals surface area (Å²) in [5.41, 5.74) is 1.61. The molecule has 2 amide bonds. The standard InChI is InChI=1S/C29H34N2O5S/c1-5-20(2)31(29(33)21-9-8-10-22(17-21)34-3)18-28(32)30-15-13-27-23(14-16-37-27)24(30)19-36-26-12-7-6-11-25(26)35-4/h6-12,14,16-17,20,24H,5,13,15,18-19H2,1-4H3/t20-,24-/m1/s1. The molecule has 8 heteroatoms. The van der Waals surface area contributed by atoms with Crippen LogP contribution in [-0.2, 0) is 11.2 Å². The van der Waals surface area contributed by atoms with E-state index in [0.29, 0.717) is 36.0 Å². The minimum absolute atomic E-state index is 0.00429. The highest BCUT2D eigenvalue weighted by atomic mass is 32.1. The first kappa shape index (κ1) is 26.5. The predicted octanol–water partition coefficient (Wildman–Crippen LogP) is 5.21. The number of benzene rings is 2. The van der Waals surface area contributed by atoms with Crippen molar-refractivity contribution in [2.45, 2.75) is 38.8 Å². The Morgan fingerprint density at radius 2 is 1.86 bits per heavy atom. The topological polar surface area (TPSA) is 68.3 Å². The van der Waals surface area contributed by atoms with Gasteiger partial charge in [0.1, 0.15) is 18.9 Å². The lowest BCUT2D eigenvalue weighted by Crippen LogP contribution is -2.49. The van der Waals surface area contributed by atoms with Crippen molar-refractivity contribution in [3.63, 3.8) is 0 Å². The monoisotopic (exact) mass is 522 g/mol.